The van der Waals surface area contributed by atoms with E-state index in [2.05, 4.69) is 37.3 Å². The van der Waals surface area contributed by atoms with Crippen molar-refractivity contribution in [2.24, 2.45) is 4.99 Å². The van der Waals surface area contributed by atoms with E-state index in [-0.39, 0.29) is 24.0 Å². The molecule has 0 atom stereocenters. The van der Waals surface area contributed by atoms with Crippen LogP contribution in [0.15, 0.2) is 41.9 Å². The molecule has 0 aliphatic rings. The summed E-state index contributed by atoms with van der Waals surface area (Å²) in [7, 11) is 3.46. The molecular formula is C20H32IN5O2. The van der Waals surface area contributed by atoms with E-state index in [1.165, 1.54) is 5.56 Å². The number of halogens is 1. The highest BCUT2D eigenvalue weighted by Crippen LogP contribution is 2.28. The number of ether oxygens (including phenoxy) is 2. The molecule has 0 saturated heterocycles. The molecule has 0 radical (unpaired) electrons. The zero-order chi connectivity index (χ0) is 19.3. The minimum Gasteiger partial charge on any atom is -0.493 e. The normalized spacial score (nSPS) is 10.9. The molecule has 0 aliphatic heterocycles. The van der Waals surface area contributed by atoms with Crippen LogP contribution in [0.25, 0.3) is 0 Å². The van der Waals surface area contributed by atoms with Gasteiger partial charge in [0.2, 0.25) is 0 Å². The molecule has 0 spiro atoms. The van der Waals surface area contributed by atoms with Crippen molar-refractivity contribution in [3.63, 3.8) is 0 Å². The van der Waals surface area contributed by atoms with Crippen LogP contribution in [0, 0.1) is 0 Å². The van der Waals surface area contributed by atoms with E-state index in [1.54, 1.807) is 20.4 Å². The molecule has 0 unspecified atom stereocenters. The van der Waals surface area contributed by atoms with E-state index in [1.807, 2.05) is 25.5 Å². The van der Waals surface area contributed by atoms with Crippen molar-refractivity contribution in [2.45, 2.75) is 32.7 Å². The molecule has 0 aliphatic carbocycles. The van der Waals surface area contributed by atoms with E-state index < -0.39 is 0 Å². The first-order chi connectivity index (χ1) is 13.3. The highest BCUT2D eigenvalue weighted by Gasteiger charge is 2.05. The number of hydrogen-bond donors (Lipinski definition) is 2. The average Bonchev–Trinajstić information content (AvgIpc) is 3.20. The van der Waals surface area contributed by atoms with Crippen molar-refractivity contribution in [1.82, 2.24) is 20.2 Å². The molecule has 28 heavy (non-hydrogen) atoms. The Kier molecular flexibility index (Phi) is 12.1. The van der Waals surface area contributed by atoms with Crippen molar-refractivity contribution >= 4 is 29.9 Å². The summed E-state index contributed by atoms with van der Waals surface area (Å²) in [4.78, 5) is 8.31. The van der Waals surface area contributed by atoms with Crippen LogP contribution in [0.1, 0.15) is 25.3 Å². The topological polar surface area (TPSA) is 72.7 Å². The summed E-state index contributed by atoms with van der Waals surface area (Å²) in [5.74, 6) is 2.42. The summed E-state index contributed by atoms with van der Waals surface area (Å²) in [5, 5.41) is 6.70. The lowest BCUT2D eigenvalue weighted by molar-refractivity contribution is 0.310. The van der Waals surface area contributed by atoms with Gasteiger partial charge in [-0.3, -0.25) is 4.99 Å². The Balaban J connectivity index is 0.00000392. The molecule has 2 N–H and O–H groups in total. The fourth-order valence-corrected chi connectivity index (χ4v) is 2.75. The Labute approximate surface area is 185 Å². The summed E-state index contributed by atoms with van der Waals surface area (Å²) >= 11 is 0. The number of imidazole rings is 1. The van der Waals surface area contributed by atoms with Gasteiger partial charge in [-0.15, -0.1) is 24.0 Å². The summed E-state index contributed by atoms with van der Waals surface area (Å²) in [6.07, 6.45) is 8.60. The summed E-state index contributed by atoms with van der Waals surface area (Å²) in [6.45, 7) is 5.28. The predicted molar refractivity (Wildman–Crippen MR) is 124 cm³/mol. The molecule has 0 saturated carbocycles. The summed E-state index contributed by atoms with van der Waals surface area (Å²) < 4.78 is 13.0. The standard InChI is InChI=1S/C20H31N5O2.HI/c1-4-27-19-15-17(8-9-18(19)26-3)7-5-10-23-20(21-2)24-11-6-13-25-14-12-22-16-25;/h8-9,12,14-16H,4-7,10-11,13H2,1-3H3,(H2,21,23,24);1H. The Morgan fingerprint density at radius 3 is 2.61 bits per heavy atom. The van der Waals surface area contributed by atoms with Gasteiger partial charge in [0.25, 0.3) is 0 Å². The first-order valence-corrected chi connectivity index (χ1v) is 9.46. The number of methoxy groups -OCH3 is 1. The number of aromatic nitrogens is 2. The van der Waals surface area contributed by atoms with Crippen molar-refractivity contribution in [1.29, 1.82) is 0 Å². The lowest BCUT2D eigenvalue weighted by Crippen LogP contribution is -2.38. The van der Waals surface area contributed by atoms with Crippen LogP contribution in [0.2, 0.25) is 0 Å². The molecule has 156 valence electrons. The number of guanidine groups is 1. The second kappa shape index (κ2) is 14.1. The molecular weight excluding hydrogens is 469 g/mol. The van der Waals surface area contributed by atoms with Crippen molar-refractivity contribution in [3.8, 4) is 11.5 Å². The van der Waals surface area contributed by atoms with Crippen LogP contribution in [0.4, 0.5) is 0 Å². The number of hydrogen-bond acceptors (Lipinski definition) is 4. The van der Waals surface area contributed by atoms with E-state index >= 15 is 0 Å². The van der Waals surface area contributed by atoms with Gasteiger partial charge in [-0.1, -0.05) is 6.07 Å². The third kappa shape index (κ3) is 8.37. The van der Waals surface area contributed by atoms with Crippen LogP contribution in [0.5, 0.6) is 11.5 Å². The van der Waals surface area contributed by atoms with Crippen LogP contribution >= 0.6 is 24.0 Å². The number of benzene rings is 1. The third-order valence-electron chi connectivity index (χ3n) is 4.13. The van der Waals surface area contributed by atoms with E-state index in [0.717, 1.165) is 56.4 Å². The van der Waals surface area contributed by atoms with Gasteiger partial charge >= 0.3 is 0 Å². The minimum absolute atomic E-state index is 0. The molecule has 0 amide bonds. The lowest BCUT2D eigenvalue weighted by Gasteiger charge is -2.13. The van der Waals surface area contributed by atoms with Crippen molar-refractivity contribution < 1.29 is 9.47 Å². The van der Waals surface area contributed by atoms with Gasteiger partial charge in [0.05, 0.1) is 20.0 Å². The molecule has 0 bridgehead atoms. The van der Waals surface area contributed by atoms with Crippen LogP contribution < -0.4 is 20.1 Å². The second-order valence-corrected chi connectivity index (χ2v) is 6.10. The minimum atomic E-state index is 0. The Bertz CT molecular complexity index is 692. The molecule has 1 aromatic heterocycles. The number of aryl methyl sites for hydroxylation is 2. The van der Waals surface area contributed by atoms with E-state index in [0.29, 0.717) is 6.61 Å². The average molecular weight is 501 g/mol. The lowest BCUT2D eigenvalue weighted by atomic mass is 10.1. The maximum Gasteiger partial charge on any atom is 0.190 e. The molecule has 1 aromatic carbocycles. The zero-order valence-corrected chi connectivity index (χ0v) is 19.3. The van der Waals surface area contributed by atoms with Gasteiger partial charge in [0.15, 0.2) is 17.5 Å². The fourth-order valence-electron chi connectivity index (χ4n) is 2.75. The summed E-state index contributed by atoms with van der Waals surface area (Å²) in [6, 6.07) is 6.12. The summed E-state index contributed by atoms with van der Waals surface area (Å²) in [5.41, 5.74) is 1.24. The number of nitrogens with zero attached hydrogens (tertiary/aromatic N) is 3. The van der Waals surface area contributed by atoms with Gasteiger partial charge in [-0.2, -0.15) is 0 Å². The quantitative estimate of drug-likeness (QED) is 0.214. The molecule has 0 fully saturated rings. The van der Waals surface area contributed by atoms with E-state index in [4.69, 9.17) is 9.47 Å². The van der Waals surface area contributed by atoms with Crippen LogP contribution in [-0.2, 0) is 13.0 Å². The molecule has 7 nitrogen and oxygen atoms in total. The molecule has 2 rings (SSSR count). The van der Waals surface area contributed by atoms with Gasteiger partial charge in [-0.05, 0) is 43.9 Å². The zero-order valence-electron chi connectivity index (χ0n) is 17.0. The third-order valence-corrected chi connectivity index (χ3v) is 4.13. The number of nitrogens with one attached hydrogen (secondary N) is 2. The first kappa shape index (κ1) is 24.1. The number of aliphatic imine (C=N–C) groups is 1. The highest BCUT2D eigenvalue weighted by atomic mass is 127. The van der Waals surface area contributed by atoms with E-state index in [9.17, 15) is 0 Å². The Morgan fingerprint density at radius 1 is 1.18 bits per heavy atom. The van der Waals surface area contributed by atoms with Crippen LogP contribution in [0.3, 0.4) is 0 Å². The van der Waals surface area contributed by atoms with Crippen molar-refractivity contribution in [3.05, 3.63) is 42.5 Å². The molecule has 2 aromatic rings. The Hall–Kier alpha value is -1.97. The first-order valence-electron chi connectivity index (χ1n) is 9.46. The number of rotatable bonds is 11. The second-order valence-electron chi connectivity index (χ2n) is 6.10. The highest BCUT2D eigenvalue weighted by molar-refractivity contribution is 14.0. The van der Waals surface area contributed by atoms with Crippen LogP contribution in [-0.4, -0.2) is 49.4 Å². The predicted octanol–water partition coefficient (Wildman–Crippen LogP) is 3.10. The monoisotopic (exact) mass is 501 g/mol. The fraction of sp³-hybridized carbons (Fsp3) is 0.500. The van der Waals surface area contributed by atoms with Gasteiger partial charge < -0.3 is 24.7 Å². The van der Waals surface area contributed by atoms with Gasteiger partial charge in [0, 0.05) is 39.1 Å². The SMILES string of the molecule is CCOc1cc(CCCNC(=NC)NCCCn2ccnc2)ccc1OC.I. The maximum absolute atomic E-state index is 5.64. The molecule has 1 heterocycles. The van der Waals surface area contributed by atoms with Gasteiger partial charge in [0.1, 0.15) is 0 Å². The Morgan fingerprint density at radius 2 is 1.96 bits per heavy atom. The molecule has 8 heteroatoms. The largest absolute Gasteiger partial charge is 0.493 e. The smallest absolute Gasteiger partial charge is 0.190 e. The maximum atomic E-state index is 5.64. The van der Waals surface area contributed by atoms with Crippen molar-refractivity contribution in [2.75, 3.05) is 33.9 Å². The van der Waals surface area contributed by atoms with Gasteiger partial charge in [-0.25, -0.2) is 4.98 Å².